The fourth-order valence-corrected chi connectivity index (χ4v) is 2.32. The van der Waals surface area contributed by atoms with Crippen molar-refractivity contribution >= 4 is 0 Å². The van der Waals surface area contributed by atoms with Gasteiger partial charge in [-0.15, -0.1) is 0 Å². The first kappa shape index (κ1) is 12.4. The van der Waals surface area contributed by atoms with Crippen LogP contribution in [0.3, 0.4) is 0 Å². The molecule has 5 nitrogen and oxygen atoms in total. The van der Waals surface area contributed by atoms with Crippen LogP contribution < -0.4 is 4.74 Å². The number of methoxy groups -OCH3 is 1. The van der Waals surface area contributed by atoms with E-state index >= 15 is 0 Å². The van der Waals surface area contributed by atoms with Gasteiger partial charge in [-0.25, -0.2) is 0 Å². The second-order valence-corrected chi connectivity index (χ2v) is 4.33. The molecule has 0 saturated carbocycles. The smallest absolute Gasteiger partial charge is 0.223 e. The SMILES string of the molecule is COc1cc(C2CC=CC[C@H]2[N+](=O)[O-])ccc1O. The van der Waals surface area contributed by atoms with E-state index in [0.717, 1.165) is 5.56 Å². The molecule has 2 rings (SSSR count). The third kappa shape index (κ3) is 2.30. The minimum absolute atomic E-state index is 0.0465. The fourth-order valence-electron chi connectivity index (χ4n) is 2.32. The van der Waals surface area contributed by atoms with Gasteiger partial charge in [0.25, 0.3) is 0 Å². The Morgan fingerprint density at radius 1 is 1.39 bits per heavy atom. The van der Waals surface area contributed by atoms with Crippen molar-refractivity contribution in [3.63, 3.8) is 0 Å². The second-order valence-electron chi connectivity index (χ2n) is 4.33. The Hall–Kier alpha value is -2.04. The molecule has 0 amide bonds. The van der Waals surface area contributed by atoms with Crippen molar-refractivity contribution in [2.24, 2.45) is 0 Å². The highest BCUT2D eigenvalue weighted by molar-refractivity contribution is 5.43. The molecule has 0 aliphatic heterocycles. The van der Waals surface area contributed by atoms with Gasteiger partial charge in [0.2, 0.25) is 6.04 Å². The molecule has 0 fully saturated rings. The molecular formula is C13H15NO4. The summed E-state index contributed by atoms with van der Waals surface area (Å²) in [6.45, 7) is 0. The van der Waals surface area contributed by atoms with Crippen LogP contribution in [-0.2, 0) is 0 Å². The highest BCUT2D eigenvalue weighted by Gasteiger charge is 2.33. The van der Waals surface area contributed by atoms with Crippen molar-refractivity contribution in [2.75, 3.05) is 7.11 Å². The average Bonchev–Trinajstić information content (AvgIpc) is 2.39. The van der Waals surface area contributed by atoms with E-state index in [-0.39, 0.29) is 16.6 Å². The Morgan fingerprint density at radius 2 is 2.11 bits per heavy atom. The summed E-state index contributed by atoms with van der Waals surface area (Å²) in [6, 6.07) is 4.31. The molecule has 18 heavy (non-hydrogen) atoms. The number of allylic oxidation sites excluding steroid dienone is 1. The van der Waals surface area contributed by atoms with Crippen molar-refractivity contribution in [3.05, 3.63) is 46.0 Å². The molecule has 0 heterocycles. The maximum Gasteiger partial charge on any atom is 0.223 e. The van der Waals surface area contributed by atoms with Crippen LogP contribution in [0.25, 0.3) is 0 Å². The van der Waals surface area contributed by atoms with E-state index in [0.29, 0.717) is 18.6 Å². The standard InChI is InChI=1S/C13H15NO4/c1-18-13-8-9(6-7-12(13)15)10-4-2-3-5-11(10)14(16)17/h2-3,6-8,10-11,15H,4-5H2,1H3/t10?,11-/m1/s1. The molecule has 0 bridgehead atoms. The Labute approximate surface area is 105 Å². The van der Waals surface area contributed by atoms with Gasteiger partial charge >= 0.3 is 0 Å². The molecule has 1 aromatic rings. The maximum absolute atomic E-state index is 11.1. The number of hydrogen-bond donors (Lipinski definition) is 1. The van der Waals surface area contributed by atoms with Gasteiger partial charge in [-0.3, -0.25) is 10.1 Å². The first-order valence-electron chi connectivity index (χ1n) is 5.79. The van der Waals surface area contributed by atoms with E-state index < -0.39 is 6.04 Å². The Balaban J connectivity index is 2.34. The number of phenols is 1. The molecule has 96 valence electrons. The maximum atomic E-state index is 11.1. The predicted octanol–water partition coefficient (Wildman–Crippen LogP) is 2.48. The van der Waals surface area contributed by atoms with Crippen LogP contribution in [0, 0.1) is 10.1 Å². The molecule has 0 spiro atoms. The first-order chi connectivity index (χ1) is 8.63. The molecule has 0 saturated heterocycles. The number of ether oxygens (including phenoxy) is 1. The molecule has 1 unspecified atom stereocenters. The largest absolute Gasteiger partial charge is 0.504 e. The Kier molecular flexibility index (Phi) is 3.50. The molecule has 1 aliphatic rings. The minimum Gasteiger partial charge on any atom is -0.504 e. The van der Waals surface area contributed by atoms with Crippen LogP contribution in [0.15, 0.2) is 30.4 Å². The van der Waals surface area contributed by atoms with Gasteiger partial charge in [0.05, 0.1) is 13.0 Å². The van der Waals surface area contributed by atoms with Gasteiger partial charge in [0.15, 0.2) is 11.5 Å². The quantitative estimate of drug-likeness (QED) is 0.507. The lowest BCUT2D eigenvalue weighted by Crippen LogP contribution is -2.28. The van der Waals surface area contributed by atoms with Gasteiger partial charge < -0.3 is 9.84 Å². The van der Waals surface area contributed by atoms with Crippen LogP contribution in [-0.4, -0.2) is 23.2 Å². The molecule has 1 aliphatic carbocycles. The monoisotopic (exact) mass is 249 g/mol. The topological polar surface area (TPSA) is 72.6 Å². The van der Waals surface area contributed by atoms with Gasteiger partial charge in [0, 0.05) is 11.3 Å². The number of benzene rings is 1. The van der Waals surface area contributed by atoms with Gasteiger partial charge in [0.1, 0.15) is 0 Å². The zero-order valence-corrected chi connectivity index (χ0v) is 10.1. The summed E-state index contributed by atoms with van der Waals surface area (Å²) in [5.74, 6) is 0.230. The molecule has 0 aromatic heterocycles. The van der Waals surface area contributed by atoms with Gasteiger partial charge in [-0.2, -0.15) is 0 Å². The number of phenolic OH excluding ortho intramolecular Hbond substituents is 1. The Bertz CT molecular complexity index is 484. The highest BCUT2D eigenvalue weighted by Crippen LogP contribution is 2.35. The normalized spacial score (nSPS) is 22.7. The first-order valence-corrected chi connectivity index (χ1v) is 5.79. The lowest BCUT2D eigenvalue weighted by Gasteiger charge is -2.22. The lowest BCUT2D eigenvalue weighted by molar-refractivity contribution is -0.526. The summed E-state index contributed by atoms with van der Waals surface area (Å²) in [7, 11) is 1.46. The summed E-state index contributed by atoms with van der Waals surface area (Å²) in [5.41, 5.74) is 0.829. The van der Waals surface area contributed by atoms with Crippen molar-refractivity contribution in [1.82, 2.24) is 0 Å². The molecule has 5 heteroatoms. The molecular weight excluding hydrogens is 234 g/mol. The lowest BCUT2D eigenvalue weighted by atomic mass is 9.83. The third-order valence-electron chi connectivity index (χ3n) is 3.30. The van der Waals surface area contributed by atoms with E-state index in [4.69, 9.17) is 4.74 Å². The molecule has 1 aromatic carbocycles. The van der Waals surface area contributed by atoms with Crippen LogP contribution in [0.5, 0.6) is 11.5 Å². The minimum atomic E-state index is -0.607. The summed E-state index contributed by atoms with van der Waals surface area (Å²) in [4.78, 5) is 10.8. The Morgan fingerprint density at radius 3 is 2.78 bits per heavy atom. The number of hydrogen-bond acceptors (Lipinski definition) is 4. The fraction of sp³-hybridized carbons (Fsp3) is 0.385. The highest BCUT2D eigenvalue weighted by atomic mass is 16.6. The molecule has 1 N–H and O–H groups in total. The second kappa shape index (κ2) is 5.08. The number of nitro groups is 1. The van der Waals surface area contributed by atoms with Crippen LogP contribution in [0.4, 0.5) is 0 Å². The molecule has 2 atom stereocenters. The van der Waals surface area contributed by atoms with Crippen molar-refractivity contribution in [2.45, 2.75) is 24.8 Å². The number of rotatable bonds is 3. The van der Waals surface area contributed by atoms with E-state index in [9.17, 15) is 15.2 Å². The summed E-state index contributed by atoms with van der Waals surface area (Å²) in [5, 5.41) is 20.6. The van der Waals surface area contributed by atoms with Crippen LogP contribution in [0.2, 0.25) is 0 Å². The van der Waals surface area contributed by atoms with Gasteiger partial charge in [-0.1, -0.05) is 18.2 Å². The van der Waals surface area contributed by atoms with Crippen LogP contribution >= 0.6 is 0 Å². The van der Waals surface area contributed by atoms with E-state index in [1.165, 1.54) is 13.2 Å². The van der Waals surface area contributed by atoms with Crippen LogP contribution in [0.1, 0.15) is 24.3 Å². The predicted molar refractivity (Wildman–Crippen MR) is 66.6 cm³/mol. The van der Waals surface area contributed by atoms with E-state index in [1.54, 1.807) is 12.1 Å². The zero-order valence-electron chi connectivity index (χ0n) is 10.1. The number of aromatic hydroxyl groups is 1. The van der Waals surface area contributed by atoms with Crippen molar-refractivity contribution in [1.29, 1.82) is 0 Å². The van der Waals surface area contributed by atoms with Crippen molar-refractivity contribution in [3.8, 4) is 11.5 Å². The van der Waals surface area contributed by atoms with E-state index in [1.807, 2.05) is 12.2 Å². The zero-order chi connectivity index (χ0) is 13.1. The summed E-state index contributed by atoms with van der Waals surface area (Å²) >= 11 is 0. The molecule has 0 radical (unpaired) electrons. The average molecular weight is 249 g/mol. The summed E-state index contributed by atoms with van der Waals surface area (Å²) in [6.07, 6.45) is 4.89. The summed E-state index contributed by atoms with van der Waals surface area (Å²) < 4.78 is 5.03. The number of nitrogens with zero attached hydrogens (tertiary/aromatic N) is 1. The van der Waals surface area contributed by atoms with Crippen molar-refractivity contribution < 1.29 is 14.8 Å². The van der Waals surface area contributed by atoms with Gasteiger partial charge in [-0.05, 0) is 24.1 Å². The third-order valence-corrected chi connectivity index (χ3v) is 3.30. The van der Waals surface area contributed by atoms with E-state index in [2.05, 4.69) is 0 Å².